The molecule has 0 aromatic heterocycles. The first-order valence-electron chi connectivity index (χ1n) is 6.55. The summed E-state index contributed by atoms with van der Waals surface area (Å²) in [6, 6.07) is 2.53. The van der Waals surface area contributed by atoms with Crippen molar-refractivity contribution in [3.63, 3.8) is 0 Å². The van der Waals surface area contributed by atoms with Crippen molar-refractivity contribution < 1.29 is 4.79 Å². The van der Waals surface area contributed by atoms with Crippen LogP contribution in [0.5, 0.6) is 0 Å². The molecule has 1 aliphatic rings. The Morgan fingerprint density at radius 3 is 2.76 bits per heavy atom. The van der Waals surface area contributed by atoms with E-state index in [1.807, 2.05) is 4.90 Å². The molecule has 0 aromatic carbocycles. The van der Waals surface area contributed by atoms with E-state index in [0.717, 1.165) is 25.7 Å². The molecule has 1 aliphatic carbocycles. The fourth-order valence-corrected chi connectivity index (χ4v) is 2.01. The molecule has 0 spiro atoms. The maximum Gasteiger partial charge on any atom is 0.222 e. The number of amides is 1. The molecule has 0 heterocycles. The van der Waals surface area contributed by atoms with E-state index < -0.39 is 0 Å². The molecule has 4 nitrogen and oxygen atoms in total. The van der Waals surface area contributed by atoms with Crippen LogP contribution >= 0.6 is 0 Å². The zero-order valence-electron chi connectivity index (χ0n) is 10.7. The Morgan fingerprint density at radius 1 is 1.53 bits per heavy atom. The van der Waals surface area contributed by atoms with Crippen molar-refractivity contribution in [2.45, 2.75) is 51.5 Å². The van der Waals surface area contributed by atoms with Crippen LogP contribution in [-0.4, -0.2) is 29.9 Å². The van der Waals surface area contributed by atoms with Gasteiger partial charge in [0.1, 0.15) is 0 Å². The van der Waals surface area contributed by atoms with Gasteiger partial charge in [0.15, 0.2) is 0 Å². The molecule has 0 bridgehead atoms. The van der Waals surface area contributed by atoms with E-state index in [-0.39, 0.29) is 5.91 Å². The Morgan fingerprint density at radius 2 is 2.24 bits per heavy atom. The predicted molar refractivity (Wildman–Crippen MR) is 67.0 cm³/mol. The van der Waals surface area contributed by atoms with Crippen molar-refractivity contribution in [3.8, 4) is 6.07 Å². The molecule has 96 valence electrons. The summed E-state index contributed by atoms with van der Waals surface area (Å²) in [5.74, 6) is 0.729. The minimum atomic E-state index is 0.214. The summed E-state index contributed by atoms with van der Waals surface area (Å²) in [5.41, 5.74) is 5.49. The predicted octanol–water partition coefficient (Wildman–Crippen LogP) is 1.66. The van der Waals surface area contributed by atoms with Crippen molar-refractivity contribution in [2.75, 3.05) is 13.1 Å². The molecule has 0 aliphatic heterocycles. The van der Waals surface area contributed by atoms with E-state index in [1.165, 1.54) is 0 Å². The number of carbonyl (C=O) groups is 1. The van der Waals surface area contributed by atoms with Gasteiger partial charge in [-0.3, -0.25) is 4.79 Å². The second kappa shape index (κ2) is 7.29. The van der Waals surface area contributed by atoms with Gasteiger partial charge < -0.3 is 10.6 Å². The highest BCUT2D eigenvalue weighted by molar-refractivity contribution is 5.76. The van der Waals surface area contributed by atoms with E-state index in [0.29, 0.717) is 37.9 Å². The van der Waals surface area contributed by atoms with Crippen molar-refractivity contribution in [1.29, 1.82) is 5.26 Å². The molecular weight excluding hydrogens is 214 g/mol. The van der Waals surface area contributed by atoms with Gasteiger partial charge in [-0.25, -0.2) is 0 Å². The molecular formula is C13H23N3O. The minimum absolute atomic E-state index is 0.214. The second-order valence-electron chi connectivity index (χ2n) is 4.95. The third-order valence-corrected chi connectivity index (χ3v) is 3.28. The third-order valence-electron chi connectivity index (χ3n) is 3.28. The van der Waals surface area contributed by atoms with Crippen LogP contribution in [0.2, 0.25) is 0 Å². The molecule has 0 saturated heterocycles. The highest BCUT2D eigenvalue weighted by Gasteiger charge is 2.31. The molecule has 1 atom stereocenters. The van der Waals surface area contributed by atoms with Crippen LogP contribution < -0.4 is 5.73 Å². The molecule has 2 N–H and O–H groups in total. The Labute approximate surface area is 104 Å². The molecule has 4 heteroatoms. The lowest BCUT2D eigenvalue weighted by atomic mass is 10.0. The second-order valence-corrected chi connectivity index (χ2v) is 4.95. The van der Waals surface area contributed by atoms with E-state index in [2.05, 4.69) is 13.0 Å². The average molecular weight is 237 g/mol. The lowest BCUT2D eigenvalue weighted by Crippen LogP contribution is -2.34. The standard InChI is InChI=1S/C13H23N3O/c1-11(7-9-15)3-6-13(17)16(10-2-8-14)12-4-5-12/h11-12H,2-7,9-10,15H2,1H3. The molecule has 1 rings (SSSR count). The molecule has 1 amide bonds. The van der Waals surface area contributed by atoms with Crippen LogP contribution in [0.15, 0.2) is 0 Å². The molecule has 1 saturated carbocycles. The lowest BCUT2D eigenvalue weighted by Gasteiger charge is -2.22. The Bertz CT molecular complexity index is 281. The van der Waals surface area contributed by atoms with Crippen molar-refractivity contribution in [1.82, 2.24) is 4.90 Å². The molecule has 1 unspecified atom stereocenters. The first kappa shape index (κ1) is 14.0. The molecule has 1 fully saturated rings. The van der Waals surface area contributed by atoms with Gasteiger partial charge in [-0.15, -0.1) is 0 Å². The van der Waals surface area contributed by atoms with Gasteiger partial charge in [-0.1, -0.05) is 6.92 Å². The molecule has 17 heavy (non-hydrogen) atoms. The summed E-state index contributed by atoms with van der Waals surface area (Å²) in [4.78, 5) is 13.9. The van der Waals surface area contributed by atoms with Crippen molar-refractivity contribution >= 4 is 5.91 Å². The topological polar surface area (TPSA) is 70.1 Å². The van der Waals surface area contributed by atoms with Gasteiger partial charge in [-0.2, -0.15) is 5.26 Å². The highest BCUT2D eigenvalue weighted by Crippen LogP contribution is 2.28. The first-order valence-corrected chi connectivity index (χ1v) is 6.55. The number of nitrogens with zero attached hydrogens (tertiary/aromatic N) is 2. The van der Waals surface area contributed by atoms with E-state index in [9.17, 15) is 4.79 Å². The van der Waals surface area contributed by atoms with Crippen LogP contribution in [-0.2, 0) is 4.79 Å². The van der Waals surface area contributed by atoms with E-state index >= 15 is 0 Å². The summed E-state index contributed by atoms with van der Waals surface area (Å²) < 4.78 is 0. The van der Waals surface area contributed by atoms with E-state index in [1.54, 1.807) is 0 Å². The van der Waals surface area contributed by atoms with Crippen LogP contribution in [0.25, 0.3) is 0 Å². The zero-order chi connectivity index (χ0) is 12.7. The summed E-state index contributed by atoms with van der Waals surface area (Å²) in [7, 11) is 0. The van der Waals surface area contributed by atoms with Crippen LogP contribution in [0.4, 0.5) is 0 Å². The SMILES string of the molecule is CC(CCN)CCC(=O)N(CCC#N)C1CC1. The lowest BCUT2D eigenvalue weighted by molar-refractivity contribution is -0.132. The maximum absolute atomic E-state index is 12.0. The largest absolute Gasteiger partial charge is 0.339 e. The quantitative estimate of drug-likeness (QED) is 0.698. The number of hydrogen-bond acceptors (Lipinski definition) is 3. The monoisotopic (exact) mass is 237 g/mol. The summed E-state index contributed by atoms with van der Waals surface area (Å²) in [6.45, 7) is 3.43. The fourth-order valence-electron chi connectivity index (χ4n) is 2.01. The number of hydrogen-bond donors (Lipinski definition) is 1. The van der Waals surface area contributed by atoms with Gasteiger partial charge in [0.25, 0.3) is 0 Å². The maximum atomic E-state index is 12.0. The van der Waals surface area contributed by atoms with Gasteiger partial charge in [0.05, 0.1) is 12.5 Å². The highest BCUT2D eigenvalue weighted by atomic mass is 16.2. The number of nitriles is 1. The van der Waals surface area contributed by atoms with Crippen molar-refractivity contribution in [2.24, 2.45) is 11.7 Å². The molecule has 0 aromatic rings. The van der Waals surface area contributed by atoms with Gasteiger partial charge in [-0.05, 0) is 38.1 Å². The minimum Gasteiger partial charge on any atom is -0.339 e. The first-order chi connectivity index (χ1) is 8.19. The fraction of sp³-hybridized carbons (Fsp3) is 0.846. The number of carbonyl (C=O) groups excluding carboxylic acids is 1. The van der Waals surface area contributed by atoms with Crippen molar-refractivity contribution in [3.05, 3.63) is 0 Å². The van der Waals surface area contributed by atoms with E-state index in [4.69, 9.17) is 11.0 Å². The summed E-state index contributed by atoms with van der Waals surface area (Å²) in [5, 5.41) is 8.59. The van der Waals surface area contributed by atoms with Gasteiger partial charge in [0, 0.05) is 19.0 Å². The third kappa shape index (κ3) is 5.18. The number of nitrogens with two attached hydrogens (primary N) is 1. The Kier molecular flexibility index (Phi) is 5.99. The zero-order valence-corrected chi connectivity index (χ0v) is 10.7. The van der Waals surface area contributed by atoms with Crippen LogP contribution in [0, 0.1) is 17.2 Å². The van der Waals surface area contributed by atoms with Gasteiger partial charge in [0.2, 0.25) is 5.91 Å². The van der Waals surface area contributed by atoms with Crippen LogP contribution in [0.1, 0.15) is 45.4 Å². The van der Waals surface area contributed by atoms with Gasteiger partial charge >= 0.3 is 0 Å². The summed E-state index contributed by atoms with van der Waals surface area (Å²) in [6.07, 6.45) is 5.15. The normalized spacial score (nSPS) is 16.3. The average Bonchev–Trinajstić information content (AvgIpc) is 3.11. The Hall–Kier alpha value is -1.08. The summed E-state index contributed by atoms with van der Waals surface area (Å²) >= 11 is 0. The number of rotatable bonds is 8. The molecule has 0 radical (unpaired) electrons. The smallest absolute Gasteiger partial charge is 0.222 e. The van der Waals surface area contributed by atoms with Crippen LogP contribution in [0.3, 0.4) is 0 Å². The Balaban J connectivity index is 2.30.